The highest BCUT2D eigenvalue weighted by Gasteiger charge is 2.27. The fourth-order valence-corrected chi connectivity index (χ4v) is 3.43. The minimum absolute atomic E-state index is 0.00134. The number of anilines is 1. The molecule has 1 aromatic carbocycles. The normalized spacial score (nSPS) is 15.6. The van der Waals surface area contributed by atoms with Gasteiger partial charge < -0.3 is 10.2 Å². The standard InChI is InChI=1S/C18H25ClN2O2/c1-4-5-16(22)21-8-6-14(7-9-21)18(23)20-17-13(3)10-12(2)11-15(17)19/h10-11,14H,4-9H2,1-3H3,(H,20,23). The molecule has 23 heavy (non-hydrogen) atoms. The Hall–Kier alpha value is -1.55. The fraction of sp³-hybridized carbons (Fsp3) is 0.556. The van der Waals surface area contributed by atoms with Crippen LogP contribution in [-0.4, -0.2) is 29.8 Å². The molecule has 1 aromatic rings. The zero-order chi connectivity index (χ0) is 17.0. The number of piperidine rings is 1. The van der Waals surface area contributed by atoms with Gasteiger partial charge in [0.2, 0.25) is 11.8 Å². The Morgan fingerprint density at radius 3 is 2.48 bits per heavy atom. The van der Waals surface area contributed by atoms with Crippen LogP contribution in [0.3, 0.4) is 0 Å². The third-order valence-electron chi connectivity index (χ3n) is 4.36. The number of amides is 2. The van der Waals surface area contributed by atoms with Crippen molar-refractivity contribution < 1.29 is 9.59 Å². The molecule has 0 spiro atoms. The summed E-state index contributed by atoms with van der Waals surface area (Å²) >= 11 is 6.25. The van der Waals surface area contributed by atoms with E-state index in [9.17, 15) is 9.59 Å². The predicted molar refractivity (Wildman–Crippen MR) is 93.8 cm³/mol. The van der Waals surface area contributed by atoms with Crippen LogP contribution in [0.2, 0.25) is 5.02 Å². The van der Waals surface area contributed by atoms with E-state index in [4.69, 9.17) is 11.6 Å². The Labute approximate surface area is 143 Å². The second kappa shape index (κ2) is 7.82. The molecule has 0 radical (unpaired) electrons. The molecule has 1 N–H and O–H groups in total. The van der Waals surface area contributed by atoms with E-state index >= 15 is 0 Å². The molecular weight excluding hydrogens is 312 g/mol. The number of carbonyl (C=O) groups is 2. The van der Waals surface area contributed by atoms with E-state index in [0.717, 1.165) is 17.5 Å². The summed E-state index contributed by atoms with van der Waals surface area (Å²) in [5.41, 5.74) is 2.75. The van der Waals surface area contributed by atoms with Crippen molar-refractivity contribution in [2.45, 2.75) is 46.5 Å². The van der Waals surface area contributed by atoms with Crippen molar-refractivity contribution >= 4 is 29.1 Å². The molecule has 0 unspecified atom stereocenters. The lowest BCUT2D eigenvalue weighted by atomic mass is 9.95. The van der Waals surface area contributed by atoms with Crippen molar-refractivity contribution in [3.8, 4) is 0 Å². The first-order valence-corrected chi connectivity index (χ1v) is 8.65. The van der Waals surface area contributed by atoms with Gasteiger partial charge in [-0.3, -0.25) is 9.59 Å². The van der Waals surface area contributed by atoms with Gasteiger partial charge in [-0.15, -0.1) is 0 Å². The summed E-state index contributed by atoms with van der Waals surface area (Å²) in [7, 11) is 0. The van der Waals surface area contributed by atoms with Crippen molar-refractivity contribution in [2.75, 3.05) is 18.4 Å². The highest BCUT2D eigenvalue weighted by Crippen LogP contribution is 2.29. The maximum atomic E-state index is 12.5. The molecule has 4 nitrogen and oxygen atoms in total. The molecule has 2 rings (SSSR count). The van der Waals surface area contributed by atoms with Gasteiger partial charge in [0.05, 0.1) is 10.7 Å². The summed E-state index contributed by atoms with van der Waals surface area (Å²) in [6.45, 7) is 7.26. The van der Waals surface area contributed by atoms with Crippen molar-refractivity contribution in [3.05, 3.63) is 28.3 Å². The van der Waals surface area contributed by atoms with Gasteiger partial charge in [0.15, 0.2) is 0 Å². The van der Waals surface area contributed by atoms with Gasteiger partial charge in [0.1, 0.15) is 0 Å². The number of hydrogen-bond acceptors (Lipinski definition) is 2. The van der Waals surface area contributed by atoms with Gasteiger partial charge in [-0.2, -0.15) is 0 Å². The Balaban J connectivity index is 1.95. The van der Waals surface area contributed by atoms with Crippen LogP contribution in [0, 0.1) is 19.8 Å². The first-order valence-electron chi connectivity index (χ1n) is 8.27. The summed E-state index contributed by atoms with van der Waals surface area (Å²) in [5.74, 6) is 0.141. The molecule has 1 aliphatic rings. The van der Waals surface area contributed by atoms with Crippen LogP contribution in [0.25, 0.3) is 0 Å². The summed E-state index contributed by atoms with van der Waals surface area (Å²) in [6, 6.07) is 3.86. The molecule has 0 atom stereocenters. The van der Waals surface area contributed by atoms with E-state index < -0.39 is 0 Å². The second-order valence-electron chi connectivity index (χ2n) is 6.33. The van der Waals surface area contributed by atoms with Crippen LogP contribution >= 0.6 is 11.6 Å². The first kappa shape index (κ1) is 17.8. The number of halogens is 1. The predicted octanol–water partition coefficient (Wildman–Crippen LogP) is 3.93. The van der Waals surface area contributed by atoms with Crippen LogP contribution in [0.4, 0.5) is 5.69 Å². The highest BCUT2D eigenvalue weighted by molar-refractivity contribution is 6.34. The number of likely N-dealkylation sites (tertiary alicyclic amines) is 1. The minimum atomic E-state index is -0.0579. The van der Waals surface area contributed by atoms with Crippen molar-refractivity contribution in [1.82, 2.24) is 4.90 Å². The van der Waals surface area contributed by atoms with Gasteiger partial charge in [-0.05, 0) is 50.3 Å². The molecule has 0 aliphatic carbocycles. The van der Waals surface area contributed by atoms with E-state index in [1.165, 1.54) is 0 Å². The van der Waals surface area contributed by atoms with E-state index in [1.807, 2.05) is 37.8 Å². The molecule has 126 valence electrons. The van der Waals surface area contributed by atoms with Crippen molar-refractivity contribution in [1.29, 1.82) is 0 Å². The highest BCUT2D eigenvalue weighted by atomic mass is 35.5. The van der Waals surface area contributed by atoms with E-state index in [-0.39, 0.29) is 17.7 Å². The van der Waals surface area contributed by atoms with Crippen molar-refractivity contribution in [3.63, 3.8) is 0 Å². The zero-order valence-corrected chi connectivity index (χ0v) is 14.9. The molecule has 1 aliphatic heterocycles. The molecule has 1 heterocycles. The Morgan fingerprint density at radius 1 is 1.26 bits per heavy atom. The molecule has 5 heteroatoms. The third kappa shape index (κ3) is 4.47. The summed E-state index contributed by atoms with van der Waals surface area (Å²) in [5, 5.41) is 3.55. The summed E-state index contributed by atoms with van der Waals surface area (Å²) < 4.78 is 0. The topological polar surface area (TPSA) is 49.4 Å². The Morgan fingerprint density at radius 2 is 1.91 bits per heavy atom. The van der Waals surface area contributed by atoms with E-state index in [1.54, 1.807) is 0 Å². The summed E-state index contributed by atoms with van der Waals surface area (Å²) in [6.07, 6.45) is 2.88. The number of hydrogen-bond donors (Lipinski definition) is 1. The number of carbonyl (C=O) groups excluding carboxylic acids is 2. The van der Waals surface area contributed by atoms with Gasteiger partial charge >= 0.3 is 0 Å². The maximum absolute atomic E-state index is 12.5. The van der Waals surface area contributed by atoms with Crippen LogP contribution in [-0.2, 0) is 9.59 Å². The largest absolute Gasteiger partial charge is 0.343 e. The third-order valence-corrected chi connectivity index (χ3v) is 4.66. The Bertz CT molecular complexity index is 570. The second-order valence-corrected chi connectivity index (χ2v) is 6.74. The molecular formula is C18H25ClN2O2. The van der Waals surface area contributed by atoms with Gasteiger partial charge in [0, 0.05) is 25.4 Å². The number of benzene rings is 1. The monoisotopic (exact) mass is 336 g/mol. The van der Waals surface area contributed by atoms with Gasteiger partial charge in [0.25, 0.3) is 0 Å². The van der Waals surface area contributed by atoms with Crippen LogP contribution in [0.1, 0.15) is 43.7 Å². The summed E-state index contributed by atoms with van der Waals surface area (Å²) in [4.78, 5) is 26.3. The zero-order valence-electron chi connectivity index (χ0n) is 14.1. The van der Waals surface area contributed by atoms with Crippen LogP contribution < -0.4 is 5.32 Å². The lowest BCUT2D eigenvalue weighted by Gasteiger charge is -2.31. The van der Waals surface area contributed by atoms with E-state index in [0.29, 0.717) is 43.1 Å². The van der Waals surface area contributed by atoms with E-state index in [2.05, 4.69) is 5.32 Å². The lowest BCUT2D eigenvalue weighted by Crippen LogP contribution is -2.41. The SMILES string of the molecule is CCCC(=O)N1CCC(C(=O)Nc2c(C)cc(C)cc2Cl)CC1. The molecule has 2 amide bonds. The quantitative estimate of drug-likeness (QED) is 0.905. The van der Waals surface area contributed by atoms with Crippen LogP contribution in [0.5, 0.6) is 0 Å². The molecule has 1 saturated heterocycles. The smallest absolute Gasteiger partial charge is 0.227 e. The van der Waals surface area contributed by atoms with Gasteiger partial charge in [-0.1, -0.05) is 24.6 Å². The molecule has 0 saturated carbocycles. The number of nitrogens with zero attached hydrogens (tertiary/aromatic N) is 1. The van der Waals surface area contributed by atoms with Crippen LogP contribution in [0.15, 0.2) is 12.1 Å². The average molecular weight is 337 g/mol. The number of rotatable bonds is 4. The lowest BCUT2D eigenvalue weighted by molar-refractivity contribution is -0.134. The van der Waals surface area contributed by atoms with Crippen molar-refractivity contribution in [2.24, 2.45) is 5.92 Å². The minimum Gasteiger partial charge on any atom is -0.343 e. The number of nitrogens with one attached hydrogen (secondary N) is 1. The first-order chi connectivity index (χ1) is 10.9. The molecule has 0 aromatic heterocycles. The average Bonchev–Trinajstić information content (AvgIpc) is 2.51. The van der Waals surface area contributed by atoms with Gasteiger partial charge in [-0.25, -0.2) is 0 Å². The molecule has 0 bridgehead atoms. The number of aryl methyl sites for hydroxylation is 2. The Kier molecular flexibility index (Phi) is 6.05. The maximum Gasteiger partial charge on any atom is 0.227 e. The molecule has 1 fully saturated rings. The fourth-order valence-electron chi connectivity index (χ4n) is 3.06.